The summed E-state index contributed by atoms with van der Waals surface area (Å²) >= 11 is 0. The van der Waals surface area contributed by atoms with E-state index in [0.29, 0.717) is 11.1 Å². The smallest absolute Gasteiger partial charge is 0.150 e. The van der Waals surface area contributed by atoms with Crippen LogP contribution in [0.25, 0.3) is 22.0 Å². The number of aldehydes is 1. The largest absolute Gasteiger partial charge is 0.298 e. The molecule has 0 saturated heterocycles. The van der Waals surface area contributed by atoms with Crippen molar-refractivity contribution in [3.05, 3.63) is 65.4 Å². The standard InChI is InChI=1S/C18H12N2O/c1-12-8-16(11-21)17-9-15(6-7-18(17)20-12)14-4-2-13(10-19)3-5-14/h2-9,11H,1H3. The number of nitriles is 1. The van der Waals surface area contributed by atoms with Crippen LogP contribution in [0.1, 0.15) is 21.6 Å². The third-order valence-electron chi connectivity index (χ3n) is 3.44. The van der Waals surface area contributed by atoms with Gasteiger partial charge in [0.15, 0.2) is 6.29 Å². The zero-order valence-corrected chi connectivity index (χ0v) is 11.5. The fourth-order valence-corrected chi connectivity index (χ4v) is 2.40. The molecule has 0 amide bonds. The van der Waals surface area contributed by atoms with Crippen LogP contribution in [0.3, 0.4) is 0 Å². The molecule has 0 aliphatic heterocycles. The lowest BCUT2D eigenvalue weighted by Crippen LogP contribution is -1.91. The molecule has 0 N–H and O–H groups in total. The van der Waals surface area contributed by atoms with E-state index < -0.39 is 0 Å². The zero-order valence-electron chi connectivity index (χ0n) is 11.5. The molecule has 1 aromatic heterocycles. The van der Waals surface area contributed by atoms with Gasteiger partial charge in [-0.25, -0.2) is 0 Å². The number of aromatic nitrogens is 1. The average Bonchev–Trinajstić information content (AvgIpc) is 2.53. The Morgan fingerprint density at radius 1 is 1.05 bits per heavy atom. The van der Waals surface area contributed by atoms with Gasteiger partial charge in [0.1, 0.15) is 0 Å². The molecular weight excluding hydrogens is 260 g/mol. The van der Waals surface area contributed by atoms with Crippen LogP contribution in [0.5, 0.6) is 0 Å². The zero-order chi connectivity index (χ0) is 14.8. The molecule has 0 atom stereocenters. The van der Waals surface area contributed by atoms with E-state index in [2.05, 4.69) is 11.1 Å². The first-order valence-electron chi connectivity index (χ1n) is 6.58. The first kappa shape index (κ1) is 13.0. The van der Waals surface area contributed by atoms with Gasteiger partial charge < -0.3 is 0 Å². The second-order valence-electron chi connectivity index (χ2n) is 4.89. The van der Waals surface area contributed by atoms with Gasteiger partial charge in [-0.15, -0.1) is 0 Å². The van der Waals surface area contributed by atoms with Crippen molar-refractivity contribution in [2.24, 2.45) is 0 Å². The number of benzene rings is 2. The maximum atomic E-state index is 11.2. The normalized spacial score (nSPS) is 10.3. The summed E-state index contributed by atoms with van der Waals surface area (Å²) in [6.07, 6.45) is 0.861. The number of nitrogens with zero attached hydrogens (tertiary/aromatic N) is 2. The number of aryl methyl sites for hydroxylation is 1. The topological polar surface area (TPSA) is 53.8 Å². The highest BCUT2D eigenvalue weighted by Crippen LogP contribution is 2.26. The van der Waals surface area contributed by atoms with Gasteiger partial charge in [-0.3, -0.25) is 9.78 Å². The molecule has 0 aliphatic rings. The van der Waals surface area contributed by atoms with Gasteiger partial charge in [-0.05, 0) is 48.4 Å². The van der Waals surface area contributed by atoms with Crippen molar-refractivity contribution in [2.45, 2.75) is 6.92 Å². The second-order valence-corrected chi connectivity index (χ2v) is 4.89. The van der Waals surface area contributed by atoms with Crippen LogP contribution in [0.15, 0.2) is 48.5 Å². The van der Waals surface area contributed by atoms with Crippen molar-refractivity contribution in [3.8, 4) is 17.2 Å². The maximum absolute atomic E-state index is 11.2. The van der Waals surface area contributed by atoms with Gasteiger partial charge in [0.25, 0.3) is 0 Å². The quantitative estimate of drug-likeness (QED) is 0.665. The molecule has 0 radical (unpaired) electrons. The van der Waals surface area contributed by atoms with Gasteiger partial charge in [-0.2, -0.15) is 5.26 Å². The van der Waals surface area contributed by atoms with Gasteiger partial charge in [0.2, 0.25) is 0 Å². The van der Waals surface area contributed by atoms with E-state index in [0.717, 1.165) is 34.0 Å². The fraction of sp³-hybridized carbons (Fsp3) is 0.0556. The Kier molecular flexibility index (Phi) is 3.21. The minimum Gasteiger partial charge on any atom is -0.298 e. The van der Waals surface area contributed by atoms with Crippen LogP contribution in [0.2, 0.25) is 0 Å². The summed E-state index contributed by atoms with van der Waals surface area (Å²) in [4.78, 5) is 15.7. The van der Waals surface area contributed by atoms with Crippen LogP contribution < -0.4 is 0 Å². The van der Waals surface area contributed by atoms with Gasteiger partial charge in [0.05, 0.1) is 17.1 Å². The average molecular weight is 272 g/mol. The molecular formula is C18H12N2O. The lowest BCUT2D eigenvalue weighted by atomic mass is 10.00. The maximum Gasteiger partial charge on any atom is 0.150 e. The molecule has 3 heteroatoms. The minimum atomic E-state index is 0.630. The molecule has 0 unspecified atom stereocenters. The van der Waals surface area contributed by atoms with Crippen LogP contribution in [0, 0.1) is 18.3 Å². The molecule has 3 aromatic rings. The third kappa shape index (κ3) is 2.39. The minimum absolute atomic E-state index is 0.630. The number of hydrogen-bond acceptors (Lipinski definition) is 3. The molecule has 21 heavy (non-hydrogen) atoms. The molecule has 2 aromatic carbocycles. The molecule has 1 heterocycles. The lowest BCUT2D eigenvalue weighted by Gasteiger charge is -2.07. The van der Waals surface area contributed by atoms with Crippen LogP contribution in [-0.4, -0.2) is 11.3 Å². The first-order valence-corrected chi connectivity index (χ1v) is 6.58. The van der Waals surface area contributed by atoms with E-state index in [4.69, 9.17) is 5.26 Å². The lowest BCUT2D eigenvalue weighted by molar-refractivity contribution is 0.112. The van der Waals surface area contributed by atoms with Crippen molar-refractivity contribution >= 4 is 17.2 Å². The number of fused-ring (bicyclic) bond motifs is 1. The van der Waals surface area contributed by atoms with Crippen molar-refractivity contribution in [1.82, 2.24) is 4.98 Å². The summed E-state index contributed by atoms with van der Waals surface area (Å²) in [7, 11) is 0. The first-order chi connectivity index (χ1) is 10.2. The Morgan fingerprint density at radius 3 is 2.43 bits per heavy atom. The number of hydrogen-bond donors (Lipinski definition) is 0. The van der Waals surface area contributed by atoms with Crippen molar-refractivity contribution in [1.29, 1.82) is 5.26 Å². The van der Waals surface area contributed by atoms with Gasteiger partial charge >= 0.3 is 0 Å². The van der Waals surface area contributed by atoms with E-state index in [-0.39, 0.29) is 0 Å². The summed E-state index contributed by atoms with van der Waals surface area (Å²) in [5.74, 6) is 0. The Bertz CT molecular complexity index is 874. The summed E-state index contributed by atoms with van der Waals surface area (Å²) in [5.41, 5.74) is 4.93. The van der Waals surface area contributed by atoms with E-state index in [9.17, 15) is 4.79 Å². The van der Waals surface area contributed by atoms with Crippen molar-refractivity contribution in [2.75, 3.05) is 0 Å². The van der Waals surface area contributed by atoms with E-state index >= 15 is 0 Å². The van der Waals surface area contributed by atoms with Crippen molar-refractivity contribution < 1.29 is 4.79 Å². The third-order valence-corrected chi connectivity index (χ3v) is 3.44. The molecule has 0 saturated carbocycles. The molecule has 0 spiro atoms. The van der Waals surface area contributed by atoms with E-state index in [1.54, 1.807) is 18.2 Å². The number of rotatable bonds is 2. The Balaban J connectivity index is 2.18. The SMILES string of the molecule is Cc1cc(C=O)c2cc(-c3ccc(C#N)cc3)ccc2n1. The number of carbonyl (C=O) groups is 1. The highest BCUT2D eigenvalue weighted by Gasteiger charge is 2.06. The van der Waals surface area contributed by atoms with Crippen LogP contribution >= 0.6 is 0 Å². The molecule has 0 bridgehead atoms. The van der Waals surface area contributed by atoms with Gasteiger partial charge in [0, 0.05) is 16.6 Å². The van der Waals surface area contributed by atoms with Crippen LogP contribution in [-0.2, 0) is 0 Å². The van der Waals surface area contributed by atoms with Crippen molar-refractivity contribution in [3.63, 3.8) is 0 Å². The summed E-state index contributed by atoms with van der Waals surface area (Å²) in [6.45, 7) is 1.88. The Hall–Kier alpha value is -2.99. The van der Waals surface area contributed by atoms with E-state index in [1.165, 1.54) is 0 Å². The molecule has 0 fully saturated rings. The fourth-order valence-electron chi connectivity index (χ4n) is 2.40. The molecule has 3 nitrogen and oxygen atoms in total. The molecule has 100 valence electrons. The monoisotopic (exact) mass is 272 g/mol. The predicted octanol–water partition coefficient (Wildman–Crippen LogP) is 3.89. The summed E-state index contributed by atoms with van der Waals surface area (Å²) in [5, 5.41) is 9.68. The summed E-state index contributed by atoms with van der Waals surface area (Å²) in [6, 6.07) is 17.1. The highest BCUT2D eigenvalue weighted by molar-refractivity contribution is 5.98. The Morgan fingerprint density at radius 2 is 1.76 bits per heavy atom. The Labute approximate surface area is 122 Å². The highest BCUT2D eigenvalue weighted by atomic mass is 16.1. The van der Waals surface area contributed by atoms with E-state index in [1.807, 2.05) is 37.3 Å². The van der Waals surface area contributed by atoms with Crippen LogP contribution in [0.4, 0.5) is 0 Å². The van der Waals surface area contributed by atoms with Gasteiger partial charge in [-0.1, -0.05) is 18.2 Å². The predicted molar refractivity (Wildman–Crippen MR) is 82.0 cm³/mol. The second kappa shape index (κ2) is 5.18. The molecule has 0 aliphatic carbocycles. The summed E-state index contributed by atoms with van der Waals surface area (Å²) < 4.78 is 0. The number of pyridine rings is 1. The molecule has 3 rings (SSSR count). The number of carbonyl (C=O) groups excluding carboxylic acids is 1.